The minimum atomic E-state index is -0.256. The highest BCUT2D eigenvalue weighted by atomic mass is 16.5. The van der Waals surface area contributed by atoms with Crippen LogP contribution in [0.4, 0.5) is 0 Å². The molecular formula is C16H19N3O2. The molecule has 1 aliphatic carbocycles. The van der Waals surface area contributed by atoms with E-state index in [1.165, 1.54) is 0 Å². The molecule has 0 aliphatic heterocycles. The number of rotatable bonds is 5. The molecule has 1 aromatic carbocycles. The molecule has 0 unspecified atom stereocenters. The Morgan fingerprint density at radius 3 is 2.90 bits per heavy atom. The Hall–Kier alpha value is -2.30. The predicted molar refractivity (Wildman–Crippen MR) is 78.9 cm³/mol. The molecule has 1 atom stereocenters. The molecule has 1 amide bonds. The van der Waals surface area contributed by atoms with E-state index >= 15 is 0 Å². The Labute approximate surface area is 124 Å². The summed E-state index contributed by atoms with van der Waals surface area (Å²) >= 11 is 0. The average Bonchev–Trinajstić information content (AvgIpc) is 3.27. The van der Waals surface area contributed by atoms with Gasteiger partial charge in [-0.3, -0.25) is 4.79 Å². The normalized spacial score (nSPS) is 15.5. The van der Waals surface area contributed by atoms with Gasteiger partial charge < -0.3 is 14.6 Å². The zero-order valence-corrected chi connectivity index (χ0v) is 12.2. The van der Waals surface area contributed by atoms with Crippen molar-refractivity contribution in [3.63, 3.8) is 0 Å². The molecule has 1 fully saturated rings. The summed E-state index contributed by atoms with van der Waals surface area (Å²) in [6.07, 6.45) is 5.59. The number of carbonyl (C=O) groups excluding carboxylic acids is 1. The molecule has 5 heteroatoms. The molecule has 110 valence electrons. The maximum Gasteiger partial charge on any atom is 0.223 e. The monoisotopic (exact) mass is 285 g/mol. The molecule has 0 spiro atoms. The SMILES string of the molecule is COc1cccc([C@H](NC(=O)C2CC2)c2nccn2C)c1. The summed E-state index contributed by atoms with van der Waals surface area (Å²) < 4.78 is 7.21. The highest BCUT2D eigenvalue weighted by Gasteiger charge is 2.32. The van der Waals surface area contributed by atoms with Crippen LogP contribution in [-0.4, -0.2) is 22.6 Å². The lowest BCUT2D eigenvalue weighted by Crippen LogP contribution is -2.32. The summed E-state index contributed by atoms with van der Waals surface area (Å²) in [5.74, 6) is 1.86. The maximum atomic E-state index is 12.2. The Morgan fingerprint density at radius 2 is 2.29 bits per heavy atom. The lowest BCUT2D eigenvalue weighted by Gasteiger charge is -2.19. The number of ether oxygens (including phenoxy) is 1. The minimum Gasteiger partial charge on any atom is -0.497 e. The van der Waals surface area contributed by atoms with Gasteiger partial charge >= 0.3 is 0 Å². The summed E-state index contributed by atoms with van der Waals surface area (Å²) in [7, 11) is 3.57. The second-order valence-corrected chi connectivity index (χ2v) is 5.39. The smallest absolute Gasteiger partial charge is 0.223 e. The zero-order chi connectivity index (χ0) is 14.8. The Kier molecular flexibility index (Phi) is 3.64. The molecule has 0 bridgehead atoms. The van der Waals surface area contributed by atoms with Gasteiger partial charge in [0, 0.05) is 25.4 Å². The first kappa shape index (κ1) is 13.7. The third-order valence-electron chi connectivity index (χ3n) is 3.78. The third kappa shape index (κ3) is 2.91. The topological polar surface area (TPSA) is 56.1 Å². The number of methoxy groups -OCH3 is 1. The number of hydrogen-bond donors (Lipinski definition) is 1. The molecule has 1 aliphatic rings. The van der Waals surface area contributed by atoms with Crippen molar-refractivity contribution in [2.75, 3.05) is 7.11 Å². The van der Waals surface area contributed by atoms with E-state index in [-0.39, 0.29) is 17.9 Å². The molecule has 21 heavy (non-hydrogen) atoms. The molecule has 0 radical (unpaired) electrons. The molecule has 1 heterocycles. The van der Waals surface area contributed by atoms with Gasteiger partial charge in [0.25, 0.3) is 0 Å². The van der Waals surface area contributed by atoms with Crippen LogP contribution in [0.25, 0.3) is 0 Å². The lowest BCUT2D eigenvalue weighted by molar-refractivity contribution is -0.122. The quantitative estimate of drug-likeness (QED) is 0.914. The molecule has 3 rings (SSSR count). The van der Waals surface area contributed by atoms with E-state index in [0.29, 0.717) is 0 Å². The van der Waals surface area contributed by atoms with Crippen molar-refractivity contribution in [1.29, 1.82) is 0 Å². The van der Waals surface area contributed by atoms with E-state index in [9.17, 15) is 4.79 Å². The number of aromatic nitrogens is 2. The van der Waals surface area contributed by atoms with Gasteiger partial charge in [-0.2, -0.15) is 0 Å². The highest BCUT2D eigenvalue weighted by Crippen LogP contribution is 2.31. The first-order valence-electron chi connectivity index (χ1n) is 7.10. The predicted octanol–water partition coefficient (Wildman–Crippen LogP) is 2.04. The van der Waals surface area contributed by atoms with Gasteiger partial charge in [0.15, 0.2) is 0 Å². The minimum absolute atomic E-state index is 0.103. The van der Waals surface area contributed by atoms with Crippen molar-refractivity contribution in [1.82, 2.24) is 14.9 Å². The van der Waals surface area contributed by atoms with E-state index < -0.39 is 0 Å². The summed E-state index contributed by atoms with van der Waals surface area (Å²) in [5.41, 5.74) is 0.970. The molecule has 1 aromatic heterocycles. The van der Waals surface area contributed by atoms with Crippen LogP contribution in [0.1, 0.15) is 30.3 Å². The van der Waals surface area contributed by atoms with Crippen LogP contribution >= 0.6 is 0 Å². The number of imidazole rings is 1. The summed E-state index contributed by atoms with van der Waals surface area (Å²) in [5, 5.41) is 3.11. The van der Waals surface area contributed by atoms with Gasteiger partial charge in [-0.05, 0) is 30.5 Å². The third-order valence-corrected chi connectivity index (χ3v) is 3.78. The van der Waals surface area contributed by atoms with Crippen LogP contribution in [0.3, 0.4) is 0 Å². The van der Waals surface area contributed by atoms with Gasteiger partial charge in [0.2, 0.25) is 5.91 Å². The standard InChI is InChI=1S/C16H19N3O2/c1-19-9-8-17-15(19)14(18-16(20)11-6-7-11)12-4-3-5-13(10-12)21-2/h3-5,8-11,14H,6-7H2,1-2H3,(H,18,20)/t14-/m0/s1. The number of nitrogens with zero attached hydrogens (tertiary/aromatic N) is 2. The van der Waals surface area contributed by atoms with Crippen molar-refractivity contribution >= 4 is 5.91 Å². The molecule has 1 N–H and O–H groups in total. The van der Waals surface area contributed by atoms with Crippen molar-refractivity contribution in [2.45, 2.75) is 18.9 Å². The fourth-order valence-electron chi connectivity index (χ4n) is 2.38. The maximum absolute atomic E-state index is 12.2. The fraction of sp³-hybridized carbons (Fsp3) is 0.375. The van der Waals surface area contributed by atoms with E-state index in [1.54, 1.807) is 13.3 Å². The number of benzene rings is 1. The largest absolute Gasteiger partial charge is 0.497 e. The lowest BCUT2D eigenvalue weighted by atomic mass is 10.1. The number of carbonyl (C=O) groups is 1. The number of hydrogen-bond acceptors (Lipinski definition) is 3. The number of aryl methyl sites for hydroxylation is 1. The van der Waals surface area contributed by atoms with Gasteiger partial charge in [-0.15, -0.1) is 0 Å². The van der Waals surface area contributed by atoms with Crippen LogP contribution < -0.4 is 10.1 Å². The van der Waals surface area contributed by atoms with Gasteiger partial charge in [0.05, 0.1) is 7.11 Å². The Balaban J connectivity index is 1.94. The average molecular weight is 285 g/mol. The van der Waals surface area contributed by atoms with Crippen molar-refractivity contribution in [2.24, 2.45) is 13.0 Å². The Morgan fingerprint density at radius 1 is 1.48 bits per heavy atom. The van der Waals surface area contributed by atoms with Crippen molar-refractivity contribution < 1.29 is 9.53 Å². The first-order valence-corrected chi connectivity index (χ1v) is 7.10. The fourth-order valence-corrected chi connectivity index (χ4v) is 2.38. The molecule has 2 aromatic rings. The van der Waals surface area contributed by atoms with E-state index in [1.807, 2.05) is 42.1 Å². The van der Waals surface area contributed by atoms with Crippen LogP contribution in [0.2, 0.25) is 0 Å². The van der Waals surface area contributed by atoms with Crippen molar-refractivity contribution in [3.05, 3.63) is 48.0 Å². The zero-order valence-electron chi connectivity index (χ0n) is 12.2. The van der Waals surface area contributed by atoms with Crippen LogP contribution in [-0.2, 0) is 11.8 Å². The van der Waals surface area contributed by atoms with Gasteiger partial charge in [-0.1, -0.05) is 12.1 Å². The summed E-state index contributed by atoms with van der Waals surface area (Å²) in [6.45, 7) is 0. The van der Waals surface area contributed by atoms with Gasteiger partial charge in [-0.25, -0.2) is 4.98 Å². The number of nitrogens with one attached hydrogen (secondary N) is 1. The molecule has 1 saturated carbocycles. The summed E-state index contributed by atoms with van der Waals surface area (Å²) in [6, 6.07) is 7.48. The molecule has 0 saturated heterocycles. The molecular weight excluding hydrogens is 266 g/mol. The van der Waals surface area contributed by atoms with E-state index in [2.05, 4.69) is 10.3 Å². The second kappa shape index (κ2) is 5.60. The number of amides is 1. The molecule has 5 nitrogen and oxygen atoms in total. The van der Waals surface area contributed by atoms with Gasteiger partial charge in [0.1, 0.15) is 17.6 Å². The van der Waals surface area contributed by atoms with E-state index in [0.717, 1.165) is 30.0 Å². The first-order chi connectivity index (χ1) is 10.2. The van der Waals surface area contributed by atoms with Crippen molar-refractivity contribution in [3.8, 4) is 5.75 Å². The van der Waals surface area contributed by atoms with Crippen LogP contribution in [0.15, 0.2) is 36.7 Å². The van der Waals surface area contributed by atoms with E-state index in [4.69, 9.17) is 4.74 Å². The van der Waals surface area contributed by atoms with Crippen LogP contribution in [0.5, 0.6) is 5.75 Å². The second-order valence-electron chi connectivity index (χ2n) is 5.39. The highest BCUT2D eigenvalue weighted by molar-refractivity contribution is 5.81. The summed E-state index contributed by atoms with van der Waals surface area (Å²) in [4.78, 5) is 16.6. The Bertz CT molecular complexity index is 646. The van der Waals surface area contributed by atoms with Crippen LogP contribution in [0, 0.1) is 5.92 Å².